The highest BCUT2D eigenvalue weighted by molar-refractivity contribution is 5.74. The van der Waals surface area contributed by atoms with Crippen molar-refractivity contribution in [2.24, 2.45) is 0 Å². The molecule has 0 saturated heterocycles. The molecule has 0 radical (unpaired) electrons. The second-order valence-electron chi connectivity index (χ2n) is 4.99. The molecule has 0 heterocycles. The number of hydrogen-bond acceptors (Lipinski definition) is 3. The van der Waals surface area contributed by atoms with Crippen molar-refractivity contribution in [1.82, 2.24) is 10.2 Å². The fraction of sp³-hybridized carbons (Fsp3) is 0.467. The summed E-state index contributed by atoms with van der Waals surface area (Å²) < 4.78 is 5.14. The van der Waals surface area contributed by atoms with Crippen LogP contribution in [0.1, 0.15) is 25.3 Å². The number of amides is 2. The van der Waals surface area contributed by atoms with Crippen molar-refractivity contribution < 1.29 is 19.4 Å². The van der Waals surface area contributed by atoms with E-state index in [1.165, 1.54) is 0 Å². The van der Waals surface area contributed by atoms with Gasteiger partial charge in [-0.15, -0.1) is 0 Å². The maximum absolute atomic E-state index is 12.0. The minimum atomic E-state index is -0.860. The number of methoxy groups -OCH3 is 1. The van der Waals surface area contributed by atoms with Gasteiger partial charge in [-0.2, -0.15) is 0 Å². The Morgan fingerprint density at radius 3 is 2.76 bits per heavy atom. The molecule has 0 aromatic heterocycles. The maximum Gasteiger partial charge on any atom is 0.317 e. The molecular weight excluding hydrogens is 272 g/mol. The van der Waals surface area contributed by atoms with Crippen LogP contribution in [-0.2, 0) is 11.3 Å². The molecule has 21 heavy (non-hydrogen) atoms. The molecule has 0 spiro atoms. The van der Waals surface area contributed by atoms with Gasteiger partial charge in [0.25, 0.3) is 0 Å². The van der Waals surface area contributed by atoms with Gasteiger partial charge in [0.15, 0.2) is 0 Å². The lowest BCUT2D eigenvalue weighted by atomic mass is 10.2. The number of rotatable bonds is 7. The number of carbonyl (C=O) groups is 2. The van der Waals surface area contributed by atoms with E-state index >= 15 is 0 Å². The van der Waals surface area contributed by atoms with Crippen LogP contribution in [0.5, 0.6) is 5.75 Å². The van der Waals surface area contributed by atoms with Crippen LogP contribution < -0.4 is 10.1 Å². The number of ether oxygens (including phenoxy) is 1. The van der Waals surface area contributed by atoms with Crippen LogP contribution >= 0.6 is 0 Å². The molecule has 6 heteroatoms. The quantitative estimate of drug-likeness (QED) is 0.807. The minimum Gasteiger partial charge on any atom is -0.497 e. The Kier molecular flexibility index (Phi) is 6.52. The van der Waals surface area contributed by atoms with Crippen LogP contribution in [0.2, 0.25) is 0 Å². The average molecular weight is 294 g/mol. The van der Waals surface area contributed by atoms with Crippen molar-refractivity contribution in [3.8, 4) is 5.75 Å². The van der Waals surface area contributed by atoms with E-state index in [0.29, 0.717) is 13.0 Å². The lowest BCUT2D eigenvalue weighted by Gasteiger charge is -2.21. The Morgan fingerprint density at radius 2 is 2.14 bits per heavy atom. The summed E-state index contributed by atoms with van der Waals surface area (Å²) in [5.74, 6) is -0.114. The summed E-state index contributed by atoms with van der Waals surface area (Å²) in [6, 6.07) is 7.10. The van der Waals surface area contributed by atoms with Crippen molar-refractivity contribution in [3.63, 3.8) is 0 Å². The summed E-state index contributed by atoms with van der Waals surface area (Å²) in [7, 11) is 3.29. The highest BCUT2D eigenvalue weighted by Gasteiger charge is 2.13. The van der Waals surface area contributed by atoms with Crippen LogP contribution in [0.25, 0.3) is 0 Å². The molecule has 1 atom stereocenters. The number of carboxylic acids is 1. The molecule has 1 aromatic carbocycles. The summed E-state index contributed by atoms with van der Waals surface area (Å²) in [6.07, 6.45) is 0.453. The first-order chi connectivity index (χ1) is 9.92. The Morgan fingerprint density at radius 1 is 1.43 bits per heavy atom. The van der Waals surface area contributed by atoms with Gasteiger partial charge in [0.05, 0.1) is 7.11 Å². The van der Waals surface area contributed by atoms with Gasteiger partial charge >= 0.3 is 12.0 Å². The molecule has 2 amide bonds. The van der Waals surface area contributed by atoms with Crippen LogP contribution in [0, 0.1) is 0 Å². The van der Waals surface area contributed by atoms with E-state index in [1.54, 1.807) is 26.0 Å². The number of nitrogens with one attached hydrogen (secondary N) is 1. The normalized spacial score (nSPS) is 11.6. The largest absolute Gasteiger partial charge is 0.497 e. The Bertz CT molecular complexity index is 490. The van der Waals surface area contributed by atoms with E-state index < -0.39 is 5.97 Å². The van der Waals surface area contributed by atoms with E-state index in [-0.39, 0.29) is 18.5 Å². The van der Waals surface area contributed by atoms with Gasteiger partial charge in [-0.3, -0.25) is 4.79 Å². The maximum atomic E-state index is 12.0. The lowest BCUT2D eigenvalue weighted by Crippen LogP contribution is -2.41. The molecule has 0 bridgehead atoms. The minimum absolute atomic E-state index is 0.0427. The smallest absolute Gasteiger partial charge is 0.317 e. The first kappa shape index (κ1) is 16.8. The Labute approximate surface area is 124 Å². The topological polar surface area (TPSA) is 78.9 Å². The third kappa shape index (κ3) is 6.16. The van der Waals surface area contributed by atoms with Gasteiger partial charge in [-0.1, -0.05) is 12.1 Å². The molecule has 6 nitrogen and oxygen atoms in total. The van der Waals surface area contributed by atoms with Crippen LogP contribution in [0.15, 0.2) is 24.3 Å². The first-order valence-corrected chi connectivity index (χ1v) is 6.78. The average Bonchev–Trinajstić information content (AvgIpc) is 2.45. The highest BCUT2D eigenvalue weighted by Crippen LogP contribution is 2.13. The molecule has 0 aliphatic carbocycles. The molecule has 0 fully saturated rings. The predicted molar refractivity (Wildman–Crippen MR) is 79.3 cm³/mol. The molecule has 1 unspecified atom stereocenters. The summed E-state index contributed by atoms with van der Waals surface area (Å²) in [4.78, 5) is 24.0. The number of nitrogens with zero attached hydrogens (tertiary/aromatic N) is 1. The number of carboxylic acid groups (broad SMARTS) is 1. The molecule has 0 aliphatic rings. The molecule has 1 aromatic rings. The third-order valence-corrected chi connectivity index (χ3v) is 3.06. The number of carbonyl (C=O) groups excluding carboxylic acids is 1. The molecule has 1 rings (SSSR count). The zero-order valence-corrected chi connectivity index (χ0v) is 12.6. The van der Waals surface area contributed by atoms with Crippen molar-refractivity contribution in [3.05, 3.63) is 29.8 Å². The molecule has 2 N–H and O–H groups in total. The molecule has 0 saturated carbocycles. The number of urea groups is 1. The van der Waals surface area contributed by atoms with Gasteiger partial charge in [-0.05, 0) is 31.0 Å². The predicted octanol–water partition coefficient (Wildman–Crippen LogP) is 2.09. The van der Waals surface area contributed by atoms with E-state index in [1.807, 2.05) is 24.3 Å². The third-order valence-electron chi connectivity index (χ3n) is 3.06. The fourth-order valence-electron chi connectivity index (χ4n) is 1.85. The van der Waals surface area contributed by atoms with E-state index in [4.69, 9.17) is 9.84 Å². The fourth-order valence-corrected chi connectivity index (χ4v) is 1.85. The molecule has 0 aliphatic heterocycles. The lowest BCUT2D eigenvalue weighted by molar-refractivity contribution is -0.137. The summed E-state index contributed by atoms with van der Waals surface area (Å²) >= 11 is 0. The second kappa shape index (κ2) is 8.14. The van der Waals surface area contributed by atoms with E-state index in [0.717, 1.165) is 11.3 Å². The van der Waals surface area contributed by atoms with Gasteiger partial charge in [0.2, 0.25) is 0 Å². The van der Waals surface area contributed by atoms with Gasteiger partial charge < -0.3 is 20.1 Å². The monoisotopic (exact) mass is 294 g/mol. The number of hydrogen-bond donors (Lipinski definition) is 2. The molecular formula is C15H22N2O4. The summed E-state index contributed by atoms with van der Waals surface area (Å²) in [5.41, 5.74) is 0.963. The van der Waals surface area contributed by atoms with Crippen LogP contribution in [-0.4, -0.2) is 42.2 Å². The first-order valence-electron chi connectivity index (χ1n) is 6.78. The van der Waals surface area contributed by atoms with Gasteiger partial charge in [0, 0.05) is 26.1 Å². The zero-order valence-electron chi connectivity index (χ0n) is 12.6. The van der Waals surface area contributed by atoms with Crippen molar-refractivity contribution in [1.29, 1.82) is 0 Å². The van der Waals surface area contributed by atoms with Crippen molar-refractivity contribution in [2.45, 2.75) is 32.4 Å². The van der Waals surface area contributed by atoms with Gasteiger partial charge in [-0.25, -0.2) is 4.79 Å². The molecule has 116 valence electrons. The van der Waals surface area contributed by atoms with Crippen LogP contribution in [0.3, 0.4) is 0 Å². The van der Waals surface area contributed by atoms with Crippen molar-refractivity contribution >= 4 is 12.0 Å². The zero-order chi connectivity index (χ0) is 15.8. The standard InChI is InChI=1S/C15H22N2O4/c1-11(7-8-14(18)19)16-15(20)17(2)10-12-5-4-6-13(9-12)21-3/h4-6,9,11H,7-8,10H2,1-3H3,(H,16,20)(H,18,19). The number of aliphatic carboxylic acids is 1. The van der Waals surface area contributed by atoms with Crippen molar-refractivity contribution in [2.75, 3.05) is 14.2 Å². The summed E-state index contributed by atoms with van der Waals surface area (Å²) in [6.45, 7) is 2.24. The van der Waals surface area contributed by atoms with E-state index in [2.05, 4.69) is 5.32 Å². The number of benzene rings is 1. The van der Waals surface area contributed by atoms with Crippen LogP contribution in [0.4, 0.5) is 4.79 Å². The SMILES string of the molecule is COc1cccc(CN(C)C(=O)NC(C)CCC(=O)O)c1. The summed E-state index contributed by atoms with van der Waals surface area (Å²) in [5, 5.41) is 11.4. The highest BCUT2D eigenvalue weighted by atomic mass is 16.5. The van der Waals surface area contributed by atoms with E-state index in [9.17, 15) is 9.59 Å². The Hall–Kier alpha value is -2.24. The van der Waals surface area contributed by atoms with Gasteiger partial charge in [0.1, 0.15) is 5.75 Å². The Balaban J connectivity index is 2.48. The second-order valence-corrected chi connectivity index (χ2v) is 4.99.